The third kappa shape index (κ3) is 3.57. The molecule has 0 bridgehead atoms. The van der Waals surface area contributed by atoms with E-state index in [1.165, 1.54) is 11.3 Å². The minimum absolute atomic E-state index is 0.0557. The number of thiazole rings is 1. The zero-order chi connectivity index (χ0) is 19.6. The molecule has 29 heavy (non-hydrogen) atoms. The van der Waals surface area contributed by atoms with Gasteiger partial charge in [0.25, 0.3) is 0 Å². The molecular weight excluding hydrogens is 386 g/mol. The molecule has 3 aromatic heterocycles. The summed E-state index contributed by atoms with van der Waals surface area (Å²) in [6.45, 7) is 3.22. The molecule has 4 heterocycles. The van der Waals surface area contributed by atoms with Gasteiger partial charge in [0, 0.05) is 53.1 Å². The molecule has 1 N–H and O–H groups in total. The average Bonchev–Trinajstić information content (AvgIpc) is 3.28. The van der Waals surface area contributed by atoms with Crippen molar-refractivity contribution in [3.63, 3.8) is 0 Å². The van der Waals surface area contributed by atoms with Gasteiger partial charge in [0.15, 0.2) is 0 Å². The minimum Gasteiger partial charge on any atom is -0.389 e. The highest BCUT2D eigenvalue weighted by Crippen LogP contribution is 2.31. The number of aromatic nitrogens is 4. The summed E-state index contributed by atoms with van der Waals surface area (Å²) in [5.41, 5.74) is 5.51. The summed E-state index contributed by atoms with van der Waals surface area (Å²) in [6.07, 6.45) is 5.18. The first kappa shape index (κ1) is 18.1. The van der Waals surface area contributed by atoms with Crippen LogP contribution in [0.5, 0.6) is 0 Å². The third-order valence-corrected chi connectivity index (χ3v) is 5.82. The third-order valence-electron chi connectivity index (χ3n) is 4.99. The minimum atomic E-state index is -0.0557. The lowest BCUT2D eigenvalue weighted by Crippen LogP contribution is -2.36. The second-order valence-electron chi connectivity index (χ2n) is 6.77. The van der Waals surface area contributed by atoms with E-state index in [1.807, 2.05) is 11.4 Å². The number of rotatable bonds is 4. The summed E-state index contributed by atoms with van der Waals surface area (Å²) in [4.78, 5) is 20.2. The number of hydrogen-bond acceptors (Lipinski definition) is 8. The molecule has 0 atom stereocenters. The molecule has 1 aliphatic rings. The fourth-order valence-corrected chi connectivity index (χ4v) is 4.18. The van der Waals surface area contributed by atoms with Crippen molar-refractivity contribution in [2.45, 2.75) is 6.61 Å². The number of morpholine rings is 1. The number of nitrogens with zero attached hydrogens (tertiary/aromatic N) is 5. The van der Waals surface area contributed by atoms with Crippen molar-refractivity contribution >= 4 is 27.9 Å². The Hall–Kier alpha value is -2.94. The monoisotopic (exact) mass is 405 g/mol. The van der Waals surface area contributed by atoms with E-state index in [2.05, 4.69) is 43.0 Å². The Kier molecular flexibility index (Phi) is 4.89. The summed E-state index contributed by atoms with van der Waals surface area (Å²) in [7, 11) is 0. The summed E-state index contributed by atoms with van der Waals surface area (Å²) >= 11 is 1.44. The number of fused-ring (bicyclic) bond motifs is 1. The van der Waals surface area contributed by atoms with E-state index in [9.17, 15) is 5.11 Å². The van der Waals surface area contributed by atoms with Crippen molar-refractivity contribution in [3.8, 4) is 22.5 Å². The zero-order valence-electron chi connectivity index (χ0n) is 15.7. The van der Waals surface area contributed by atoms with E-state index >= 15 is 0 Å². The first-order valence-electron chi connectivity index (χ1n) is 9.40. The van der Waals surface area contributed by atoms with Crippen molar-refractivity contribution < 1.29 is 9.84 Å². The second-order valence-corrected chi connectivity index (χ2v) is 7.71. The van der Waals surface area contributed by atoms with E-state index < -0.39 is 0 Å². The Morgan fingerprint density at radius 1 is 1.07 bits per heavy atom. The molecular formula is C21H19N5O2S. The predicted octanol–water partition coefficient (Wildman–Crippen LogP) is 3.14. The van der Waals surface area contributed by atoms with Crippen LogP contribution in [0.25, 0.3) is 33.4 Å². The van der Waals surface area contributed by atoms with Crippen molar-refractivity contribution in [2.75, 3.05) is 31.2 Å². The fraction of sp³-hybridized carbons (Fsp3) is 0.238. The zero-order valence-corrected chi connectivity index (χ0v) is 16.5. The quantitative estimate of drug-likeness (QED) is 0.558. The van der Waals surface area contributed by atoms with Crippen LogP contribution in [0, 0.1) is 0 Å². The van der Waals surface area contributed by atoms with E-state index in [4.69, 9.17) is 4.74 Å². The molecule has 1 saturated heterocycles. The van der Waals surface area contributed by atoms with Crippen LogP contribution in [0.3, 0.4) is 0 Å². The van der Waals surface area contributed by atoms with Crippen molar-refractivity contribution in [1.29, 1.82) is 0 Å². The van der Waals surface area contributed by atoms with Crippen LogP contribution >= 0.6 is 11.3 Å². The molecule has 1 aliphatic heterocycles. The van der Waals surface area contributed by atoms with Crippen molar-refractivity contribution in [3.05, 3.63) is 53.4 Å². The average molecular weight is 405 g/mol. The molecule has 0 spiro atoms. The lowest BCUT2D eigenvalue weighted by atomic mass is 10.1. The second kappa shape index (κ2) is 7.82. The smallest absolute Gasteiger partial charge is 0.119 e. The summed E-state index contributed by atoms with van der Waals surface area (Å²) in [6, 6.07) is 8.33. The van der Waals surface area contributed by atoms with Crippen LogP contribution in [0.1, 0.15) is 5.01 Å². The highest BCUT2D eigenvalue weighted by molar-refractivity contribution is 7.09. The van der Waals surface area contributed by atoms with Gasteiger partial charge < -0.3 is 14.7 Å². The lowest BCUT2D eigenvalue weighted by molar-refractivity contribution is 0.122. The maximum atomic E-state index is 9.27. The summed E-state index contributed by atoms with van der Waals surface area (Å²) in [5, 5.41) is 12.9. The molecule has 8 heteroatoms. The topological polar surface area (TPSA) is 84.3 Å². The van der Waals surface area contributed by atoms with E-state index in [1.54, 1.807) is 18.7 Å². The fourth-order valence-electron chi connectivity index (χ4n) is 3.52. The normalized spacial score (nSPS) is 14.4. The van der Waals surface area contributed by atoms with Gasteiger partial charge in [0.05, 0.1) is 36.7 Å². The van der Waals surface area contributed by atoms with Gasteiger partial charge in [-0.05, 0) is 24.3 Å². The molecule has 4 aromatic rings. The highest BCUT2D eigenvalue weighted by atomic mass is 32.1. The van der Waals surface area contributed by atoms with Gasteiger partial charge in [-0.15, -0.1) is 11.3 Å². The highest BCUT2D eigenvalue weighted by Gasteiger charge is 2.14. The Labute approximate surface area is 171 Å². The van der Waals surface area contributed by atoms with E-state index in [-0.39, 0.29) is 6.61 Å². The standard InChI is InChI=1S/C21H19N5O2S/c27-11-20-25-19(12-29-20)14-7-15(10-22-9-14)21-17-2-1-16(8-18(17)23-13-24-21)26-3-5-28-6-4-26/h1-2,7-10,12-13,27H,3-6,11H2. The first-order valence-corrected chi connectivity index (χ1v) is 10.3. The molecule has 0 unspecified atom stereocenters. The lowest BCUT2D eigenvalue weighted by Gasteiger charge is -2.29. The number of ether oxygens (including phenoxy) is 1. The summed E-state index contributed by atoms with van der Waals surface area (Å²) in [5.74, 6) is 0. The van der Waals surface area contributed by atoms with E-state index in [0.29, 0.717) is 5.01 Å². The van der Waals surface area contributed by atoms with E-state index in [0.717, 1.165) is 65.4 Å². The predicted molar refractivity (Wildman–Crippen MR) is 113 cm³/mol. The number of benzene rings is 1. The van der Waals surface area contributed by atoms with Crippen LogP contribution in [-0.4, -0.2) is 51.3 Å². The van der Waals surface area contributed by atoms with Gasteiger partial charge in [-0.2, -0.15) is 0 Å². The molecule has 7 nitrogen and oxygen atoms in total. The van der Waals surface area contributed by atoms with Crippen LogP contribution in [0.4, 0.5) is 5.69 Å². The van der Waals surface area contributed by atoms with Gasteiger partial charge in [-0.3, -0.25) is 4.98 Å². The number of hydrogen-bond donors (Lipinski definition) is 1. The first-order chi connectivity index (χ1) is 14.3. The van der Waals surface area contributed by atoms with Crippen LogP contribution < -0.4 is 4.90 Å². The van der Waals surface area contributed by atoms with Crippen LogP contribution in [-0.2, 0) is 11.3 Å². The van der Waals surface area contributed by atoms with Crippen molar-refractivity contribution in [2.24, 2.45) is 0 Å². The van der Waals surface area contributed by atoms with Gasteiger partial charge >= 0.3 is 0 Å². The number of aliphatic hydroxyl groups excluding tert-OH is 1. The van der Waals surface area contributed by atoms with Gasteiger partial charge in [-0.1, -0.05) is 0 Å². The largest absolute Gasteiger partial charge is 0.389 e. The number of aliphatic hydroxyl groups is 1. The molecule has 1 fully saturated rings. The molecule has 146 valence electrons. The maximum Gasteiger partial charge on any atom is 0.119 e. The molecule has 0 aliphatic carbocycles. The van der Waals surface area contributed by atoms with Crippen molar-refractivity contribution in [1.82, 2.24) is 19.9 Å². The molecule has 1 aromatic carbocycles. The van der Waals surface area contributed by atoms with Gasteiger partial charge in [0.2, 0.25) is 0 Å². The SMILES string of the molecule is OCc1nc(-c2cncc(-c3ncnc4cc(N5CCOCC5)ccc34)c2)cs1. The Balaban J connectivity index is 1.54. The summed E-state index contributed by atoms with van der Waals surface area (Å²) < 4.78 is 5.45. The van der Waals surface area contributed by atoms with Gasteiger partial charge in [0.1, 0.15) is 11.3 Å². The number of anilines is 1. The maximum absolute atomic E-state index is 9.27. The molecule has 0 saturated carbocycles. The molecule has 0 amide bonds. The Morgan fingerprint density at radius 3 is 2.76 bits per heavy atom. The Bertz CT molecular complexity index is 1160. The molecule has 0 radical (unpaired) electrons. The van der Waals surface area contributed by atoms with Crippen LogP contribution in [0.15, 0.2) is 48.4 Å². The van der Waals surface area contributed by atoms with Crippen LogP contribution in [0.2, 0.25) is 0 Å². The Morgan fingerprint density at radius 2 is 1.93 bits per heavy atom. The number of pyridine rings is 1. The molecule has 5 rings (SSSR count). The van der Waals surface area contributed by atoms with Gasteiger partial charge in [-0.25, -0.2) is 15.0 Å².